The van der Waals surface area contributed by atoms with Crippen LogP contribution in [0.25, 0.3) is 39.8 Å². The number of ketones is 1. The van der Waals surface area contributed by atoms with Gasteiger partial charge < -0.3 is 19.5 Å². The fraction of sp³-hybridized carbons (Fsp3) is 0.226. The van der Waals surface area contributed by atoms with Gasteiger partial charge in [-0.05, 0) is 60.2 Å². The van der Waals surface area contributed by atoms with Crippen LogP contribution in [0.4, 0.5) is 14.6 Å². The number of piperidine rings is 1. The Morgan fingerprint density at radius 2 is 1.88 bits per heavy atom. The summed E-state index contributed by atoms with van der Waals surface area (Å²) in [6.07, 6.45) is 7.34. The number of aryl methyl sites for hydroxylation is 1. The molecule has 1 aliphatic heterocycles. The van der Waals surface area contributed by atoms with Crippen LogP contribution < -0.4 is 5.73 Å². The molecule has 12 heteroatoms. The number of rotatable bonds is 8. The molecule has 10 nitrogen and oxygen atoms in total. The van der Waals surface area contributed by atoms with Crippen molar-refractivity contribution in [3.8, 4) is 22.7 Å². The van der Waals surface area contributed by atoms with Crippen molar-refractivity contribution in [3.05, 3.63) is 84.2 Å². The number of hydrogen-bond acceptors (Lipinski definition) is 9. The Balaban J connectivity index is 1.21. The van der Waals surface area contributed by atoms with Crippen molar-refractivity contribution in [1.29, 1.82) is 0 Å². The smallest absolute Gasteiger partial charge is 0.255 e. The Labute approximate surface area is 244 Å². The minimum absolute atomic E-state index is 0.00254. The number of amides is 1. The Bertz CT molecular complexity index is 1790. The van der Waals surface area contributed by atoms with Gasteiger partial charge in [0.05, 0.1) is 16.8 Å². The molecule has 0 unspecified atom stereocenters. The number of likely N-dealkylation sites (tertiary alicyclic amines) is 1. The molecule has 0 atom stereocenters. The van der Waals surface area contributed by atoms with Crippen LogP contribution >= 0.6 is 0 Å². The van der Waals surface area contributed by atoms with Gasteiger partial charge in [-0.2, -0.15) is 0 Å². The van der Waals surface area contributed by atoms with Crippen LogP contribution in [0, 0.1) is 0 Å². The van der Waals surface area contributed by atoms with E-state index in [1.165, 1.54) is 23.6 Å². The maximum absolute atomic E-state index is 13.5. The third-order valence-corrected chi connectivity index (χ3v) is 7.23. The lowest BCUT2D eigenvalue weighted by atomic mass is 10.0. The fourth-order valence-electron chi connectivity index (χ4n) is 4.87. The van der Waals surface area contributed by atoms with Crippen LogP contribution in [0.15, 0.2) is 76.2 Å². The number of aromatic nitrogens is 4. The number of halogens is 2. The highest BCUT2D eigenvalue weighted by Crippen LogP contribution is 2.35. The molecule has 5 heterocycles. The number of carbonyl (C=O) groups excluding carboxylic acids is 2. The number of nitrogens with two attached hydrogens (primary N) is 1. The number of benzene rings is 1. The van der Waals surface area contributed by atoms with Crippen molar-refractivity contribution < 1.29 is 27.2 Å². The Morgan fingerprint density at radius 3 is 2.58 bits per heavy atom. The summed E-state index contributed by atoms with van der Waals surface area (Å²) < 4.78 is 38.6. The molecule has 0 bridgehead atoms. The second-order valence-corrected chi connectivity index (χ2v) is 10.3. The lowest BCUT2D eigenvalue weighted by molar-refractivity contribution is -0.114. The van der Waals surface area contributed by atoms with Gasteiger partial charge in [0.2, 0.25) is 6.39 Å². The number of carbonyl (C=O) groups is 2. The number of allylic oxidation sites excluding steroid dienone is 1. The fourth-order valence-corrected chi connectivity index (χ4v) is 4.87. The van der Waals surface area contributed by atoms with Gasteiger partial charge in [-0.15, -0.1) is 10.2 Å². The minimum atomic E-state index is -2.73. The summed E-state index contributed by atoms with van der Waals surface area (Å²) in [5, 5.41) is 8.56. The zero-order valence-electron chi connectivity index (χ0n) is 22.9. The van der Waals surface area contributed by atoms with Gasteiger partial charge in [-0.1, -0.05) is 0 Å². The van der Waals surface area contributed by atoms with Gasteiger partial charge in [-0.3, -0.25) is 14.6 Å². The van der Waals surface area contributed by atoms with Crippen LogP contribution in [-0.4, -0.2) is 55.8 Å². The summed E-state index contributed by atoms with van der Waals surface area (Å²) in [6.45, 7) is 0.00509. The number of alkyl halides is 2. The Hall–Kier alpha value is -5.26. The molecular formula is C31H26F2N6O4. The summed E-state index contributed by atoms with van der Waals surface area (Å²) in [7, 11) is 0. The lowest BCUT2D eigenvalue weighted by Gasteiger charge is -2.31. The van der Waals surface area contributed by atoms with Crippen LogP contribution in [0.2, 0.25) is 0 Å². The summed E-state index contributed by atoms with van der Waals surface area (Å²) in [6, 6.07) is 12.3. The highest BCUT2D eigenvalue weighted by atomic mass is 19.3. The lowest BCUT2D eigenvalue weighted by Crippen LogP contribution is -2.42. The first kappa shape index (κ1) is 27.9. The van der Waals surface area contributed by atoms with Gasteiger partial charge in [0.1, 0.15) is 17.2 Å². The Morgan fingerprint density at radius 1 is 1.05 bits per heavy atom. The van der Waals surface area contributed by atoms with E-state index in [4.69, 9.17) is 14.6 Å². The van der Waals surface area contributed by atoms with E-state index in [9.17, 15) is 18.4 Å². The molecule has 2 N–H and O–H groups in total. The molecule has 1 amide bonds. The molecule has 218 valence electrons. The minimum Gasteiger partial charge on any atom is -0.460 e. The normalized spacial score (nSPS) is 14.9. The standard InChI is InChI=1S/C31H26F2N6O4/c32-31(33)9-11-39(12-10-31)30(41)20-3-7-26(35-17-20)21-13-22-14-24(43-28(22)25(15-21)29-38-37-18-42-29)6-5-23(40)4-1-19-2-8-27(34)36-16-19/h1-4,7-8,13-18H,5-6,9-12H2,(H2,34,36)/b4-1+. The first-order valence-electron chi connectivity index (χ1n) is 13.6. The van der Waals surface area contributed by atoms with Gasteiger partial charge in [0.15, 0.2) is 5.78 Å². The summed E-state index contributed by atoms with van der Waals surface area (Å²) in [4.78, 5) is 35.3. The van der Waals surface area contributed by atoms with E-state index in [1.807, 2.05) is 12.1 Å². The molecule has 0 saturated carbocycles. The SMILES string of the molecule is Nc1ccc(/C=C/C(=O)CCc2cc3cc(-c4ccc(C(=O)N5CCC(F)(F)CC5)cn4)cc(-c4nnco4)c3o2)cn1. The maximum atomic E-state index is 13.5. The number of pyridine rings is 2. The van der Waals surface area contributed by atoms with E-state index >= 15 is 0 Å². The monoisotopic (exact) mass is 584 g/mol. The molecule has 1 aliphatic rings. The molecule has 1 saturated heterocycles. The van der Waals surface area contributed by atoms with Crippen molar-refractivity contribution >= 4 is 34.6 Å². The number of fused-ring (bicyclic) bond motifs is 1. The van der Waals surface area contributed by atoms with E-state index in [2.05, 4.69) is 20.2 Å². The van der Waals surface area contributed by atoms with Crippen molar-refractivity contribution in [2.45, 2.75) is 31.6 Å². The molecule has 1 aromatic carbocycles. The predicted molar refractivity (Wildman–Crippen MR) is 154 cm³/mol. The van der Waals surface area contributed by atoms with E-state index in [1.54, 1.807) is 42.6 Å². The molecule has 1 fully saturated rings. The van der Waals surface area contributed by atoms with Gasteiger partial charge in [0, 0.05) is 62.1 Å². The molecular weight excluding hydrogens is 558 g/mol. The van der Waals surface area contributed by atoms with E-state index in [0.717, 1.165) is 10.9 Å². The molecule has 0 aliphatic carbocycles. The van der Waals surface area contributed by atoms with Gasteiger partial charge in [-0.25, -0.2) is 13.8 Å². The largest absolute Gasteiger partial charge is 0.460 e. The number of furan rings is 1. The van der Waals surface area contributed by atoms with Gasteiger partial charge >= 0.3 is 0 Å². The third-order valence-electron chi connectivity index (χ3n) is 7.23. The third kappa shape index (κ3) is 6.32. The average molecular weight is 585 g/mol. The van der Waals surface area contributed by atoms with E-state index in [-0.39, 0.29) is 49.9 Å². The quantitative estimate of drug-likeness (QED) is 0.230. The molecule has 0 spiro atoms. The molecule has 0 radical (unpaired) electrons. The van der Waals surface area contributed by atoms with Crippen LogP contribution in [0.3, 0.4) is 0 Å². The molecule has 5 aromatic rings. The van der Waals surface area contributed by atoms with Crippen molar-refractivity contribution in [2.75, 3.05) is 18.8 Å². The zero-order valence-corrected chi connectivity index (χ0v) is 22.9. The van der Waals surface area contributed by atoms with Gasteiger partial charge in [0.25, 0.3) is 17.7 Å². The zero-order chi connectivity index (χ0) is 30.0. The second-order valence-electron chi connectivity index (χ2n) is 10.3. The molecule has 43 heavy (non-hydrogen) atoms. The van der Waals surface area contributed by atoms with Crippen LogP contribution in [0.5, 0.6) is 0 Å². The van der Waals surface area contributed by atoms with Crippen molar-refractivity contribution in [1.82, 2.24) is 25.1 Å². The number of nitrogens with zero attached hydrogens (tertiary/aromatic N) is 5. The topological polar surface area (TPSA) is 141 Å². The highest BCUT2D eigenvalue weighted by Gasteiger charge is 2.35. The van der Waals surface area contributed by atoms with Crippen molar-refractivity contribution in [2.24, 2.45) is 0 Å². The summed E-state index contributed by atoms with van der Waals surface area (Å²) in [5.74, 6) is -1.88. The first-order chi connectivity index (χ1) is 20.7. The summed E-state index contributed by atoms with van der Waals surface area (Å²) >= 11 is 0. The summed E-state index contributed by atoms with van der Waals surface area (Å²) in [5.41, 5.74) is 9.04. The number of anilines is 1. The molecule has 6 rings (SSSR count). The average Bonchev–Trinajstić information content (AvgIpc) is 3.69. The molecule has 4 aromatic heterocycles. The maximum Gasteiger partial charge on any atom is 0.255 e. The predicted octanol–water partition coefficient (Wildman–Crippen LogP) is 5.61. The van der Waals surface area contributed by atoms with Crippen LogP contribution in [0.1, 0.15) is 40.9 Å². The number of nitrogen functional groups attached to an aromatic ring is 1. The highest BCUT2D eigenvalue weighted by molar-refractivity contribution is 5.97. The van der Waals surface area contributed by atoms with Crippen LogP contribution in [-0.2, 0) is 11.2 Å². The first-order valence-corrected chi connectivity index (χ1v) is 13.6. The van der Waals surface area contributed by atoms with E-state index < -0.39 is 5.92 Å². The number of hydrogen-bond donors (Lipinski definition) is 1. The Kier molecular flexibility index (Phi) is 7.49. The van der Waals surface area contributed by atoms with E-state index in [0.29, 0.717) is 46.0 Å². The second kappa shape index (κ2) is 11.6. The van der Waals surface area contributed by atoms with Crippen molar-refractivity contribution in [3.63, 3.8) is 0 Å².